The van der Waals surface area contributed by atoms with Crippen molar-refractivity contribution in [2.75, 3.05) is 12.3 Å². The minimum absolute atomic E-state index is 0.0511. The van der Waals surface area contributed by atoms with Crippen molar-refractivity contribution in [2.45, 2.75) is 115 Å². The van der Waals surface area contributed by atoms with E-state index in [2.05, 4.69) is 35.0 Å². The summed E-state index contributed by atoms with van der Waals surface area (Å²) in [5.41, 5.74) is 2.16. The highest BCUT2D eigenvalue weighted by Gasteiger charge is 2.44. The van der Waals surface area contributed by atoms with Gasteiger partial charge in [0.2, 0.25) is 11.8 Å². The lowest BCUT2D eigenvalue weighted by molar-refractivity contribution is -0.130. The Labute approximate surface area is 273 Å². The standard InChI is InChI=1S/C35H51F2N3O5S/c1-6-10-29(11-7-2)46(44,45)22-31(40-33(42)23(4)5)34(43)39-30(19-25-17-27(36)20-28(37)18-25)32(41)21-38-35(14-15-35)26-13-9-12-24(8-3)16-26/h9,12-13,16-18,20,23,29-32,38,41H,6-8,10-11,14-15,19,21-22H2,1-5H3,(H,39,43)(H,40,42)/t30-,31+,32+/m0/s1. The van der Waals surface area contributed by atoms with Crippen LogP contribution in [0.15, 0.2) is 42.5 Å². The fourth-order valence-corrected chi connectivity index (χ4v) is 7.97. The molecule has 0 radical (unpaired) electrons. The maximum Gasteiger partial charge on any atom is 0.243 e. The molecule has 4 N–H and O–H groups in total. The zero-order chi connectivity index (χ0) is 34.1. The van der Waals surface area contributed by atoms with E-state index in [0.717, 1.165) is 43.0 Å². The average molecular weight is 664 g/mol. The maximum absolute atomic E-state index is 14.1. The van der Waals surface area contributed by atoms with Crippen molar-refractivity contribution in [1.82, 2.24) is 16.0 Å². The van der Waals surface area contributed by atoms with Gasteiger partial charge in [0, 0.05) is 24.1 Å². The largest absolute Gasteiger partial charge is 0.390 e. The van der Waals surface area contributed by atoms with Crippen molar-refractivity contribution in [2.24, 2.45) is 5.92 Å². The number of hydrogen-bond donors (Lipinski definition) is 4. The van der Waals surface area contributed by atoms with E-state index in [-0.39, 0.29) is 24.1 Å². The average Bonchev–Trinajstić information content (AvgIpc) is 3.79. The number of hydrogen-bond acceptors (Lipinski definition) is 6. The van der Waals surface area contributed by atoms with Crippen LogP contribution in [0.25, 0.3) is 0 Å². The first-order chi connectivity index (χ1) is 21.7. The Morgan fingerprint density at radius 2 is 1.54 bits per heavy atom. The van der Waals surface area contributed by atoms with Crippen LogP contribution in [0.2, 0.25) is 0 Å². The van der Waals surface area contributed by atoms with Gasteiger partial charge in [-0.3, -0.25) is 9.59 Å². The molecule has 0 spiro atoms. The summed E-state index contributed by atoms with van der Waals surface area (Å²) in [6.45, 7) is 9.19. The van der Waals surface area contributed by atoms with Crippen LogP contribution < -0.4 is 16.0 Å². The normalized spacial score (nSPS) is 16.2. The minimum atomic E-state index is -3.80. The van der Waals surface area contributed by atoms with E-state index < -0.39 is 68.4 Å². The van der Waals surface area contributed by atoms with Crippen LogP contribution in [0.1, 0.15) is 89.8 Å². The van der Waals surface area contributed by atoms with E-state index in [0.29, 0.717) is 25.7 Å². The number of aliphatic hydroxyl groups excluding tert-OH is 1. The van der Waals surface area contributed by atoms with E-state index in [1.165, 1.54) is 5.56 Å². The summed E-state index contributed by atoms with van der Waals surface area (Å²) in [5.74, 6) is -4.00. The third-order valence-corrected chi connectivity index (χ3v) is 11.0. The van der Waals surface area contributed by atoms with Gasteiger partial charge in [-0.05, 0) is 67.3 Å². The molecule has 0 heterocycles. The predicted octanol–water partition coefficient (Wildman–Crippen LogP) is 4.72. The van der Waals surface area contributed by atoms with E-state index in [4.69, 9.17) is 0 Å². The number of carbonyl (C=O) groups excluding carboxylic acids is 2. The van der Waals surface area contributed by atoms with Crippen LogP contribution in [0.3, 0.4) is 0 Å². The fraction of sp³-hybridized carbons (Fsp3) is 0.600. The molecule has 0 saturated heterocycles. The molecule has 256 valence electrons. The Morgan fingerprint density at radius 1 is 0.913 bits per heavy atom. The Balaban J connectivity index is 1.87. The van der Waals surface area contributed by atoms with Crippen molar-refractivity contribution in [3.63, 3.8) is 0 Å². The van der Waals surface area contributed by atoms with Crippen molar-refractivity contribution in [1.29, 1.82) is 0 Å². The molecule has 0 aliphatic heterocycles. The van der Waals surface area contributed by atoms with E-state index in [1.54, 1.807) is 13.8 Å². The van der Waals surface area contributed by atoms with Gasteiger partial charge < -0.3 is 21.1 Å². The summed E-state index contributed by atoms with van der Waals surface area (Å²) < 4.78 is 55.2. The van der Waals surface area contributed by atoms with E-state index in [9.17, 15) is 31.9 Å². The molecule has 3 rings (SSSR count). The van der Waals surface area contributed by atoms with Gasteiger partial charge >= 0.3 is 0 Å². The number of aliphatic hydroxyl groups is 1. The summed E-state index contributed by atoms with van der Waals surface area (Å²) >= 11 is 0. The van der Waals surface area contributed by atoms with Gasteiger partial charge in [0.15, 0.2) is 9.84 Å². The highest BCUT2D eigenvalue weighted by atomic mass is 32.2. The fourth-order valence-electron chi connectivity index (χ4n) is 5.81. The molecule has 0 unspecified atom stereocenters. The molecule has 1 fully saturated rings. The van der Waals surface area contributed by atoms with Crippen molar-refractivity contribution >= 4 is 21.7 Å². The second-order valence-corrected chi connectivity index (χ2v) is 15.3. The zero-order valence-corrected chi connectivity index (χ0v) is 28.6. The summed E-state index contributed by atoms with van der Waals surface area (Å²) in [6, 6.07) is 8.74. The summed E-state index contributed by atoms with van der Waals surface area (Å²) in [4.78, 5) is 26.5. The van der Waals surface area contributed by atoms with Gasteiger partial charge in [-0.25, -0.2) is 17.2 Å². The van der Waals surface area contributed by atoms with Crippen molar-refractivity contribution < 1.29 is 31.9 Å². The van der Waals surface area contributed by atoms with Crippen LogP contribution in [-0.4, -0.2) is 61.1 Å². The zero-order valence-electron chi connectivity index (χ0n) is 27.7. The second kappa shape index (κ2) is 16.8. The van der Waals surface area contributed by atoms with Gasteiger partial charge in [0.25, 0.3) is 0 Å². The molecular formula is C35H51F2N3O5S. The molecule has 11 heteroatoms. The Kier molecular flexibility index (Phi) is 13.7. The van der Waals surface area contributed by atoms with Gasteiger partial charge in [-0.2, -0.15) is 0 Å². The molecular weight excluding hydrogens is 612 g/mol. The van der Waals surface area contributed by atoms with Gasteiger partial charge in [-0.1, -0.05) is 71.7 Å². The van der Waals surface area contributed by atoms with E-state index >= 15 is 0 Å². The number of halogens is 2. The lowest BCUT2D eigenvalue weighted by atomic mass is 9.98. The van der Waals surface area contributed by atoms with Crippen LogP contribution in [0.4, 0.5) is 8.78 Å². The Hall–Kier alpha value is -2.89. The molecule has 3 atom stereocenters. The van der Waals surface area contributed by atoms with E-state index in [1.807, 2.05) is 26.0 Å². The number of benzene rings is 2. The Bertz CT molecular complexity index is 1400. The molecule has 2 amide bonds. The van der Waals surface area contributed by atoms with Gasteiger partial charge in [0.05, 0.1) is 23.1 Å². The molecule has 1 saturated carbocycles. The molecule has 8 nitrogen and oxygen atoms in total. The van der Waals surface area contributed by atoms with Gasteiger partial charge in [-0.15, -0.1) is 0 Å². The number of carbonyl (C=O) groups is 2. The lowest BCUT2D eigenvalue weighted by Gasteiger charge is -2.30. The molecule has 1 aliphatic rings. The highest BCUT2D eigenvalue weighted by molar-refractivity contribution is 7.92. The number of rotatable bonds is 19. The number of aryl methyl sites for hydroxylation is 1. The third kappa shape index (κ3) is 10.6. The monoisotopic (exact) mass is 663 g/mol. The second-order valence-electron chi connectivity index (χ2n) is 12.9. The maximum atomic E-state index is 14.1. The summed E-state index contributed by atoms with van der Waals surface area (Å²) in [7, 11) is -3.80. The van der Waals surface area contributed by atoms with Crippen LogP contribution in [-0.2, 0) is 37.8 Å². The van der Waals surface area contributed by atoms with Crippen LogP contribution in [0, 0.1) is 17.6 Å². The lowest BCUT2D eigenvalue weighted by Crippen LogP contribution is -2.57. The van der Waals surface area contributed by atoms with Crippen LogP contribution >= 0.6 is 0 Å². The number of amides is 2. The molecule has 1 aliphatic carbocycles. The first-order valence-corrected chi connectivity index (χ1v) is 18.2. The third-order valence-electron chi connectivity index (χ3n) is 8.74. The minimum Gasteiger partial charge on any atom is -0.390 e. The first kappa shape index (κ1) is 37.6. The summed E-state index contributed by atoms with van der Waals surface area (Å²) in [5, 5.41) is 19.5. The van der Waals surface area contributed by atoms with Crippen molar-refractivity contribution in [3.8, 4) is 0 Å². The number of sulfone groups is 1. The predicted molar refractivity (Wildman–Crippen MR) is 177 cm³/mol. The summed E-state index contributed by atoms with van der Waals surface area (Å²) in [6.07, 6.45) is 3.42. The smallest absolute Gasteiger partial charge is 0.243 e. The van der Waals surface area contributed by atoms with Crippen LogP contribution in [0.5, 0.6) is 0 Å². The molecule has 2 aromatic carbocycles. The topological polar surface area (TPSA) is 125 Å². The molecule has 2 aromatic rings. The molecule has 0 bridgehead atoms. The number of nitrogens with one attached hydrogen (secondary N) is 3. The Morgan fingerprint density at radius 3 is 2.09 bits per heavy atom. The highest BCUT2D eigenvalue weighted by Crippen LogP contribution is 2.45. The quantitative estimate of drug-likeness (QED) is 0.173. The SMILES string of the molecule is CCCC(CCC)S(=O)(=O)C[C@@H](NC(=O)C(C)C)C(=O)N[C@@H](Cc1cc(F)cc(F)c1)[C@H](O)CNC1(c2cccc(CC)c2)CC1. The molecule has 46 heavy (non-hydrogen) atoms. The first-order valence-electron chi connectivity index (χ1n) is 16.5. The van der Waals surface area contributed by atoms with Crippen molar-refractivity contribution in [3.05, 3.63) is 70.8 Å². The molecule has 0 aromatic heterocycles. The van der Waals surface area contributed by atoms with Gasteiger partial charge in [0.1, 0.15) is 17.7 Å².